The van der Waals surface area contributed by atoms with Crippen LogP contribution in [-0.4, -0.2) is 22.9 Å². The van der Waals surface area contributed by atoms with Crippen LogP contribution in [0, 0.1) is 6.92 Å². The van der Waals surface area contributed by atoms with E-state index in [9.17, 15) is 21.6 Å². The quantitative estimate of drug-likeness (QED) is 0.537. The van der Waals surface area contributed by atoms with Crippen molar-refractivity contribution >= 4 is 37.5 Å². The number of carbonyl (C=O) groups is 1. The molecule has 3 aromatic rings. The number of carbonyl (C=O) groups excluding carboxylic acids is 1. The van der Waals surface area contributed by atoms with Gasteiger partial charge in [0.05, 0.1) is 21.2 Å². The summed E-state index contributed by atoms with van der Waals surface area (Å²) in [5, 5.41) is 2.37. The molecule has 0 aromatic heterocycles. The largest absolute Gasteiger partial charge is 0.333 e. The van der Waals surface area contributed by atoms with Gasteiger partial charge in [-0.2, -0.15) is 0 Å². The molecule has 0 aliphatic rings. The number of benzene rings is 3. The van der Waals surface area contributed by atoms with Gasteiger partial charge < -0.3 is 5.32 Å². The second-order valence-electron chi connectivity index (χ2n) is 6.34. The van der Waals surface area contributed by atoms with Gasteiger partial charge in [-0.3, -0.25) is 4.72 Å². The number of aryl methyl sites for hydroxylation is 1. The van der Waals surface area contributed by atoms with Crippen molar-refractivity contribution < 1.29 is 21.6 Å². The summed E-state index contributed by atoms with van der Waals surface area (Å²) in [6.45, 7) is 1.81. The van der Waals surface area contributed by atoms with Gasteiger partial charge in [-0.25, -0.2) is 26.4 Å². The SMILES string of the molecule is Cc1ccc(S(=O)(=O)NC(=O)Nc2ccccc2NS(=O)(=O)c2ccccc2)cc1. The van der Waals surface area contributed by atoms with Crippen molar-refractivity contribution in [1.82, 2.24) is 4.72 Å². The van der Waals surface area contributed by atoms with Crippen LogP contribution < -0.4 is 14.8 Å². The third-order valence-electron chi connectivity index (χ3n) is 4.03. The average Bonchev–Trinajstić information content (AvgIpc) is 2.70. The van der Waals surface area contributed by atoms with E-state index in [-0.39, 0.29) is 21.2 Å². The normalized spacial score (nSPS) is 11.5. The lowest BCUT2D eigenvalue weighted by atomic mass is 10.2. The van der Waals surface area contributed by atoms with E-state index in [0.717, 1.165) is 5.56 Å². The van der Waals surface area contributed by atoms with Gasteiger partial charge in [0.15, 0.2) is 0 Å². The Balaban J connectivity index is 1.78. The van der Waals surface area contributed by atoms with Crippen LogP contribution >= 0.6 is 0 Å². The zero-order valence-corrected chi connectivity index (χ0v) is 17.5. The first-order chi connectivity index (χ1) is 14.2. The van der Waals surface area contributed by atoms with Crippen molar-refractivity contribution in [3.63, 3.8) is 0 Å². The predicted octanol–water partition coefficient (Wildman–Crippen LogP) is 3.31. The van der Waals surface area contributed by atoms with Crippen LogP contribution in [0.4, 0.5) is 16.2 Å². The lowest BCUT2D eigenvalue weighted by Gasteiger charge is -2.14. The number of hydrogen-bond donors (Lipinski definition) is 3. The summed E-state index contributed by atoms with van der Waals surface area (Å²) in [6.07, 6.45) is 0. The summed E-state index contributed by atoms with van der Waals surface area (Å²) >= 11 is 0. The molecule has 0 fully saturated rings. The smallest absolute Gasteiger partial charge is 0.305 e. The molecule has 3 rings (SSSR count). The van der Waals surface area contributed by atoms with E-state index < -0.39 is 26.1 Å². The molecule has 0 heterocycles. The molecule has 0 aliphatic heterocycles. The Kier molecular flexibility index (Phi) is 6.09. The van der Waals surface area contributed by atoms with Crippen LogP contribution in [0.15, 0.2) is 88.7 Å². The number of amides is 2. The molecule has 2 amide bonds. The van der Waals surface area contributed by atoms with Gasteiger partial charge in [0.25, 0.3) is 20.0 Å². The van der Waals surface area contributed by atoms with Crippen LogP contribution in [-0.2, 0) is 20.0 Å². The average molecular weight is 446 g/mol. The Bertz CT molecular complexity index is 1260. The summed E-state index contributed by atoms with van der Waals surface area (Å²) in [7, 11) is -7.98. The second-order valence-corrected chi connectivity index (χ2v) is 9.70. The summed E-state index contributed by atoms with van der Waals surface area (Å²) in [4.78, 5) is 12.3. The van der Waals surface area contributed by atoms with Gasteiger partial charge in [0.1, 0.15) is 0 Å². The summed E-state index contributed by atoms with van der Waals surface area (Å²) in [5.41, 5.74) is 1.05. The maximum atomic E-state index is 12.5. The lowest BCUT2D eigenvalue weighted by Crippen LogP contribution is -2.34. The van der Waals surface area contributed by atoms with E-state index in [1.807, 2.05) is 11.6 Å². The van der Waals surface area contributed by atoms with Crippen LogP contribution in [0.1, 0.15) is 5.56 Å². The van der Waals surface area contributed by atoms with Crippen LogP contribution in [0.2, 0.25) is 0 Å². The first-order valence-corrected chi connectivity index (χ1v) is 11.7. The predicted molar refractivity (Wildman–Crippen MR) is 114 cm³/mol. The molecule has 0 saturated heterocycles. The van der Waals surface area contributed by atoms with Gasteiger partial charge in [-0.05, 0) is 43.3 Å². The van der Waals surface area contributed by atoms with Crippen molar-refractivity contribution in [2.24, 2.45) is 0 Å². The third kappa shape index (κ3) is 5.16. The molecule has 0 radical (unpaired) electrons. The highest BCUT2D eigenvalue weighted by atomic mass is 32.2. The number of nitrogens with one attached hydrogen (secondary N) is 3. The standard InChI is InChI=1S/C20H19N3O5S2/c1-15-11-13-17(14-12-15)30(27,28)23-20(24)21-18-9-5-6-10-19(18)22-29(25,26)16-7-3-2-4-8-16/h2-14,22H,1H3,(H2,21,23,24). The van der Waals surface area contributed by atoms with Crippen molar-refractivity contribution in [1.29, 1.82) is 0 Å². The molecule has 0 atom stereocenters. The number of anilines is 2. The molecule has 0 saturated carbocycles. The highest BCUT2D eigenvalue weighted by molar-refractivity contribution is 7.92. The molecule has 3 aromatic carbocycles. The molecule has 0 unspecified atom stereocenters. The van der Waals surface area contributed by atoms with Gasteiger partial charge in [-0.15, -0.1) is 0 Å². The van der Waals surface area contributed by atoms with E-state index in [1.54, 1.807) is 42.5 Å². The zero-order valence-electron chi connectivity index (χ0n) is 15.9. The molecule has 30 heavy (non-hydrogen) atoms. The summed E-state index contributed by atoms with van der Waals surface area (Å²) < 4.78 is 54.1. The zero-order chi connectivity index (χ0) is 21.8. The number of urea groups is 1. The Morgan fingerprint density at radius 3 is 1.83 bits per heavy atom. The maximum Gasteiger partial charge on any atom is 0.333 e. The minimum atomic E-state index is -4.09. The fourth-order valence-electron chi connectivity index (χ4n) is 2.53. The van der Waals surface area contributed by atoms with E-state index in [4.69, 9.17) is 0 Å². The minimum Gasteiger partial charge on any atom is -0.305 e. The van der Waals surface area contributed by atoms with E-state index in [1.165, 1.54) is 36.4 Å². The number of rotatable bonds is 6. The lowest BCUT2D eigenvalue weighted by molar-refractivity contribution is 0.256. The molecule has 10 heteroatoms. The fourth-order valence-corrected chi connectivity index (χ4v) is 4.54. The first kappa shape index (κ1) is 21.3. The highest BCUT2D eigenvalue weighted by Crippen LogP contribution is 2.24. The van der Waals surface area contributed by atoms with E-state index in [2.05, 4.69) is 10.0 Å². The molecule has 8 nitrogen and oxygen atoms in total. The van der Waals surface area contributed by atoms with Crippen LogP contribution in [0.25, 0.3) is 0 Å². The molecular weight excluding hydrogens is 426 g/mol. The second kappa shape index (κ2) is 8.56. The summed E-state index contributed by atoms with van der Waals surface area (Å²) in [5.74, 6) is 0. The third-order valence-corrected chi connectivity index (χ3v) is 6.76. The van der Waals surface area contributed by atoms with Gasteiger partial charge in [0.2, 0.25) is 0 Å². The Labute approximate surface area is 175 Å². The van der Waals surface area contributed by atoms with Crippen molar-refractivity contribution in [3.8, 4) is 0 Å². The number of para-hydroxylation sites is 2. The van der Waals surface area contributed by atoms with Crippen molar-refractivity contribution in [2.45, 2.75) is 16.7 Å². The molecule has 0 spiro atoms. The molecule has 0 aliphatic carbocycles. The first-order valence-electron chi connectivity index (χ1n) is 8.75. The maximum absolute atomic E-state index is 12.5. The summed E-state index contributed by atoms with van der Waals surface area (Å²) in [6, 6.07) is 18.7. The Morgan fingerprint density at radius 1 is 0.667 bits per heavy atom. The molecular formula is C20H19N3O5S2. The van der Waals surface area contributed by atoms with Gasteiger partial charge in [0, 0.05) is 0 Å². The van der Waals surface area contributed by atoms with Gasteiger partial charge in [-0.1, -0.05) is 48.0 Å². The minimum absolute atomic E-state index is 0.0474. The monoisotopic (exact) mass is 445 g/mol. The molecule has 3 N–H and O–H groups in total. The van der Waals surface area contributed by atoms with Crippen LogP contribution in [0.3, 0.4) is 0 Å². The number of hydrogen-bond acceptors (Lipinski definition) is 5. The topological polar surface area (TPSA) is 121 Å². The van der Waals surface area contributed by atoms with E-state index >= 15 is 0 Å². The van der Waals surface area contributed by atoms with Crippen molar-refractivity contribution in [3.05, 3.63) is 84.4 Å². The molecule has 0 bridgehead atoms. The number of sulfonamides is 2. The van der Waals surface area contributed by atoms with Gasteiger partial charge >= 0.3 is 6.03 Å². The van der Waals surface area contributed by atoms with Crippen LogP contribution in [0.5, 0.6) is 0 Å². The molecule has 156 valence electrons. The Morgan fingerprint density at radius 2 is 1.20 bits per heavy atom. The van der Waals surface area contributed by atoms with Crippen molar-refractivity contribution in [2.75, 3.05) is 10.0 Å². The van der Waals surface area contributed by atoms with E-state index in [0.29, 0.717) is 0 Å². The Hall–Kier alpha value is -3.37. The highest BCUT2D eigenvalue weighted by Gasteiger charge is 2.20. The fraction of sp³-hybridized carbons (Fsp3) is 0.0500.